The average molecular weight is 421 g/mol. The largest absolute Gasteiger partial charge is 0.453 e. The number of hydrogen-bond acceptors (Lipinski definition) is 4. The first-order valence-electron chi connectivity index (χ1n) is 8.56. The highest BCUT2D eigenvalue weighted by Crippen LogP contribution is 2.32. The fraction of sp³-hybridized carbons (Fsp3) is 0.200. The van der Waals surface area contributed by atoms with E-state index in [1.165, 1.54) is 24.3 Å². The number of nitrogens with zero attached hydrogens (tertiary/aromatic N) is 2. The quantitative estimate of drug-likeness (QED) is 0.564. The SMILES string of the molecule is Cc1n[nH]c(CNCc2ccccc2C(F)(F)F)c1Oc1cc(Cl)cc(C#N)c1. The maximum atomic E-state index is 13.1. The molecule has 29 heavy (non-hydrogen) atoms. The topological polar surface area (TPSA) is 73.7 Å². The molecule has 0 unspecified atom stereocenters. The summed E-state index contributed by atoms with van der Waals surface area (Å²) in [6, 6.07) is 12.0. The van der Waals surface area contributed by atoms with E-state index in [0.29, 0.717) is 33.5 Å². The van der Waals surface area contributed by atoms with Crippen LogP contribution in [-0.2, 0) is 19.3 Å². The van der Waals surface area contributed by atoms with Crippen molar-refractivity contribution in [2.45, 2.75) is 26.2 Å². The second-order valence-electron chi connectivity index (χ2n) is 6.26. The number of aromatic nitrogens is 2. The molecule has 0 aliphatic carbocycles. The Morgan fingerprint density at radius 1 is 1.21 bits per heavy atom. The molecular weight excluding hydrogens is 405 g/mol. The Kier molecular flexibility index (Phi) is 6.11. The molecule has 0 bridgehead atoms. The molecule has 1 aromatic heterocycles. The summed E-state index contributed by atoms with van der Waals surface area (Å²) in [7, 11) is 0. The van der Waals surface area contributed by atoms with Crippen molar-refractivity contribution in [2.75, 3.05) is 0 Å². The Bertz CT molecular complexity index is 1060. The van der Waals surface area contributed by atoms with Crippen LogP contribution in [0, 0.1) is 18.3 Å². The predicted molar refractivity (Wildman–Crippen MR) is 102 cm³/mol. The summed E-state index contributed by atoms with van der Waals surface area (Å²) in [6.07, 6.45) is -4.41. The van der Waals surface area contributed by atoms with Crippen LogP contribution in [-0.4, -0.2) is 10.2 Å². The number of rotatable bonds is 6. The predicted octanol–water partition coefficient (Wildman–Crippen LogP) is 5.34. The van der Waals surface area contributed by atoms with Gasteiger partial charge >= 0.3 is 6.18 Å². The molecular formula is C20H16ClF3N4O. The van der Waals surface area contributed by atoms with Gasteiger partial charge in [-0.2, -0.15) is 23.5 Å². The molecule has 2 aromatic carbocycles. The highest BCUT2D eigenvalue weighted by atomic mass is 35.5. The number of alkyl halides is 3. The molecule has 1 heterocycles. The fourth-order valence-electron chi connectivity index (χ4n) is 2.80. The third kappa shape index (κ3) is 5.08. The van der Waals surface area contributed by atoms with E-state index in [1.54, 1.807) is 19.1 Å². The summed E-state index contributed by atoms with van der Waals surface area (Å²) in [6.45, 7) is 1.95. The van der Waals surface area contributed by atoms with Crippen LogP contribution in [0.5, 0.6) is 11.5 Å². The molecule has 0 amide bonds. The molecule has 2 N–H and O–H groups in total. The second kappa shape index (κ2) is 8.55. The van der Waals surface area contributed by atoms with Crippen LogP contribution in [0.15, 0.2) is 42.5 Å². The van der Waals surface area contributed by atoms with Gasteiger partial charge in [-0.25, -0.2) is 0 Å². The lowest BCUT2D eigenvalue weighted by molar-refractivity contribution is -0.138. The Morgan fingerprint density at radius 2 is 1.97 bits per heavy atom. The summed E-state index contributed by atoms with van der Waals surface area (Å²) < 4.78 is 45.2. The molecule has 0 atom stereocenters. The molecule has 0 radical (unpaired) electrons. The van der Waals surface area contributed by atoms with Crippen LogP contribution < -0.4 is 10.1 Å². The Labute approximate surface area is 170 Å². The molecule has 0 aliphatic rings. The molecule has 9 heteroatoms. The lowest BCUT2D eigenvalue weighted by atomic mass is 10.1. The molecule has 3 aromatic rings. The summed E-state index contributed by atoms with van der Waals surface area (Å²) in [4.78, 5) is 0. The summed E-state index contributed by atoms with van der Waals surface area (Å²) in [5.41, 5.74) is 0.943. The molecule has 0 saturated heterocycles. The molecule has 3 rings (SSSR count). The number of halogens is 4. The lowest BCUT2D eigenvalue weighted by Gasteiger charge is -2.13. The zero-order valence-corrected chi connectivity index (χ0v) is 16.0. The third-order valence-corrected chi connectivity index (χ3v) is 4.34. The van der Waals surface area contributed by atoms with Crippen LogP contribution >= 0.6 is 11.6 Å². The Morgan fingerprint density at radius 3 is 2.69 bits per heavy atom. The van der Waals surface area contributed by atoms with E-state index < -0.39 is 11.7 Å². The number of aryl methyl sites for hydroxylation is 1. The van der Waals surface area contributed by atoms with Crippen molar-refractivity contribution in [3.05, 3.63) is 75.6 Å². The molecule has 0 fully saturated rings. The van der Waals surface area contributed by atoms with Gasteiger partial charge in [0.05, 0.1) is 22.9 Å². The molecule has 0 spiro atoms. The lowest BCUT2D eigenvalue weighted by Crippen LogP contribution is -2.17. The normalized spacial score (nSPS) is 11.3. The zero-order valence-electron chi connectivity index (χ0n) is 15.3. The number of ether oxygens (including phenoxy) is 1. The first-order chi connectivity index (χ1) is 13.8. The van der Waals surface area contributed by atoms with E-state index >= 15 is 0 Å². The number of hydrogen-bond donors (Lipinski definition) is 2. The summed E-state index contributed by atoms with van der Waals surface area (Å²) in [5, 5.41) is 19.3. The minimum absolute atomic E-state index is 0.0168. The second-order valence-corrected chi connectivity index (χ2v) is 6.70. The molecule has 150 valence electrons. The average Bonchev–Trinajstić information content (AvgIpc) is 3.00. The molecule has 0 aliphatic heterocycles. The summed E-state index contributed by atoms with van der Waals surface area (Å²) in [5.74, 6) is 0.787. The van der Waals surface area contributed by atoms with Crippen molar-refractivity contribution in [1.29, 1.82) is 5.26 Å². The molecule has 0 saturated carbocycles. The number of nitriles is 1. The van der Waals surface area contributed by atoms with Crippen LogP contribution in [0.25, 0.3) is 0 Å². The highest BCUT2D eigenvalue weighted by molar-refractivity contribution is 6.30. The van der Waals surface area contributed by atoms with Crippen LogP contribution in [0.2, 0.25) is 5.02 Å². The standard InChI is InChI=1S/C20H16ClF3N4O/c1-12-19(29-16-7-13(9-25)6-15(21)8-16)18(28-27-12)11-26-10-14-4-2-3-5-17(14)20(22,23)24/h2-8,26H,10-11H2,1H3,(H,27,28). The van der Waals surface area contributed by atoms with Crippen molar-refractivity contribution >= 4 is 11.6 Å². The van der Waals surface area contributed by atoms with Crippen molar-refractivity contribution in [1.82, 2.24) is 15.5 Å². The van der Waals surface area contributed by atoms with Gasteiger partial charge in [0, 0.05) is 18.1 Å². The highest BCUT2D eigenvalue weighted by Gasteiger charge is 2.32. The Balaban J connectivity index is 1.73. The maximum absolute atomic E-state index is 13.1. The number of aromatic amines is 1. The van der Waals surface area contributed by atoms with E-state index in [4.69, 9.17) is 21.6 Å². The van der Waals surface area contributed by atoms with Gasteiger partial charge in [0.1, 0.15) is 11.4 Å². The van der Waals surface area contributed by atoms with E-state index in [2.05, 4.69) is 15.5 Å². The van der Waals surface area contributed by atoms with E-state index in [1.807, 2.05) is 6.07 Å². The maximum Gasteiger partial charge on any atom is 0.416 e. The van der Waals surface area contributed by atoms with Gasteiger partial charge in [0.15, 0.2) is 5.75 Å². The van der Waals surface area contributed by atoms with Gasteiger partial charge in [0.25, 0.3) is 0 Å². The van der Waals surface area contributed by atoms with Crippen molar-refractivity contribution in [2.24, 2.45) is 0 Å². The van der Waals surface area contributed by atoms with E-state index in [-0.39, 0.29) is 18.7 Å². The number of H-pyrrole nitrogens is 1. The van der Waals surface area contributed by atoms with Crippen molar-refractivity contribution in [3.8, 4) is 17.6 Å². The third-order valence-electron chi connectivity index (χ3n) is 4.12. The minimum atomic E-state index is -4.41. The van der Waals surface area contributed by atoms with Gasteiger partial charge in [-0.3, -0.25) is 5.10 Å². The van der Waals surface area contributed by atoms with Gasteiger partial charge in [-0.05, 0) is 36.8 Å². The minimum Gasteiger partial charge on any atom is -0.453 e. The van der Waals surface area contributed by atoms with E-state index in [9.17, 15) is 13.2 Å². The fourth-order valence-corrected chi connectivity index (χ4v) is 3.03. The summed E-state index contributed by atoms with van der Waals surface area (Å²) >= 11 is 5.99. The smallest absolute Gasteiger partial charge is 0.416 e. The van der Waals surface area contributed by atoms with Crippen LogP contribution in [0.4, 0.5) is 13.2 Å². The van der Waals surface area contributed by atoms with Crippen molar-refractivity contribution in [3.63, 3.8) is 0 Å². The monoisotopic (exact) mass is 420 g/mol. The van der Waals surface area contributed by atoms with Crippen LogP contribution in [0.3, 0.4) is 0 Å². The zero-order chi connectivity index (χ0) is 21.0. The Hall–Kier alpha value is -3.02. The number of benzene rings is 2. The van der Waals surface area contributed by atoms with E-state index in [0.717, 1.165) is 6.07 Å². The van der Waals surface area contributed by atoms with Gasteiger partial charge in [-0.15, -0.1) is 0 Å². The molecule has 5 nitrogen and oxygen atoms in total. The van der Waals surface area contributed by atoms with Crippen LogP contribution in [0.1, 0.15) is 28.1 Å². The first kappa shape index (κ1) is 20.7. The van der Waals surface area contributed by atoms with Gasteiger partial charge in [0.2, 0.25) is 0 Å². The van der Waals surface area contributed by atoms with Gasteiger partial charge < -0.3 is 10.1 Å². The number of nitrogens with one attached hydrogen (secondary N) is 2. The van der Waals surface area contributed by atoms with Gasteiger partial charge in [-0.1, -0.05) is 29.8 Å². The van der Waals surface area contributed by atoms with Crippen molar-refractivity contribution < 1.29 is 17.9 Å². The first-order valence-corrected chi connectivity index (χ1v) is 8.94.